The molecule has 138 valence electrons. The summed E-state index contributed by atoms with van der Waals surface area (Å²) in [6.07, 6.45) is -3.74. The van der Waals surface area contributed by atoms with E-state index in [9.17, 15) is 27.2 Å². The highest BCUT2D eigenvalue weighted by molar-refractivity contribution is 5.94. The number of carbonyl (C=O) groups is 2. The van der Waals surface area contributed by atoms with Crippen LogP contribution in [-0.2, 0) is 9.59 Å². The number of hydrogen-bond donors (Lipinski definition) is 1. The lowest BCUT2D eigenvalue weighted by Crippen LogP contribution is -2.41. The number of rotatable bonds is 4. The van der Waals surface area contributed by atoms with Crippen LogP contribution in [0.25, 0.3) is 0 Å². The van der Waals surface area contributed by atoms with E-state index in [2.05, 4.69) is 5.32 Å². The molecule has 0 heterocycles. The lowest BCUT2D eigenvalue weighted by atomic mass is 9.80. The number of carbonyl (C=O) groups excluding carboxylic acids is 2. The summed E-state index contributed by atoms with van der Waals surface area (Å²) < 4.78 is 51.3. The molecule has 8 heteroatoms. The van der Waals surface area contributed by atoms with Crippen LogP contribution in [0, 0.1) is 17.7 Å². The van der Waals surface area contributed by atoms with Crippen LogP contribution < -0.4 is 5.32 Å². The van der Waals surface area contributed by atoms with Crippen molar-refractivity contribution in [2.45, 2.75) is 31.9 Å². The number of likely N-dealkylation sites (N-methyl/N-ethyl adjacent to an activating group) is 1. The molecular formula is C17H20F4N2O2. The zero-order valence-electron chi connectivity index (χ0n) is 13.8. The zero-order valence-corrected chi connectivity index (χ0v) is 13.8. The Balaban J connectivity index is 1.88. The van der Waals surface area contributed by atoms with Gasteiger partial charge in [-0.05, 0) is 43.5 Å². The van der Waals surface area contributed by atoms with Crippen molar-refractivity contribution >= 4 is 17.5 Å². The Bertz CT molecular complexity index is 616. The molecule has 1 aromatic rings. The molecule has 0 spiro atoms. The van der Waals surface area contributed by atoms with Crippen molar-refractivity contribution in [2.75, 3.05) is 18.9 Å². The van der Waals surface area contributed by atoms with Gasteiger partial charge in [-0.1, -0.05) is 6.42 Å². The standard InChI is InChI=1S/C17H20F4N2O2/c1-23(10-15(24)22-14-7-5-13(18)6-8-14)16(25)11-3-2-4-12(9-11)17(19,20)21/h5-8,11-12H,2-4,9-10H2,1H3,(H,22,24). The van der Waals surface area contributed by atoms with Crippen molar-refractivity contribution in [2.24, 2.45) is 11.8 Å². The summed E-state index contributed by atoms with van der Waals surface area (Å²) in [4.78, 5) is 25.4. The first-order valence-corrected chi connectivity index (χ1v) is 8.04. The fourth-order valence-corrected chi connectivity index (χ4v) is 3.05. The van der Waals surface area contributed by atoms with E-state index < -0.39 is 35.6 Å². The highest BCUT2D eigenvalue weighted by Gasteiger charge is 2.44. The Hall–Kier alpha value is -2.12. The average molecular weight is 360 g/mol. The topological polar surface area (TPSA) is 49.4 Å². The predicted octanol–water partition coefficient (Wildman–Crippen LogP) is 3.59. The van der Waals surface area contributed by atoms with Gasteiger partial charge in [-0.3, -0.25) is 9.59 Å². The molecule has 4 nitrogen and oxygen atoms in total. The summed E-state index contributed by atoms with van der Waals surface area (Å²) in [6, 6.07) is 5.13. The first-order chi connectivity index (χ1) is 11.7. The average Bonchev–Trinajstić information content (AvgIpc) is 2.55. The van der Waals surface area contributed by atoms with Gasteiger partial charge in [-0.25, -0.2) is 4.39 Å². The number of nitrogens with one attached hydrogen (secondary N) is 1. The summed E-state index contributed by atoms with van der Waals surface area (Å²) in [5, 5.41) is 2.51. The van der Waals surface area contributed by atoms with Gasteiger partial charge < -0.3 is 10.2 Å². The van der Waals surface area contributed by atoms with Gasteiger partial charge in [-0.2, -0.15) is 13.2 Å². The minimum absolute atomic E-state index is 0.0437. The molecule has 2 rings (SSSR count). The van der Waals surface area contributed by atoms with Gasteiger partial charge in [0.1, 0.15) is 5.82 Å². The zero-order chi connectivity index (χ0) is 18.6. The maximum absolute atomic E-state index is 12.8. The van der Waals surface area contributed by atoms with Crippen LogP contribution in [0.5, 0.6) is 0 Å². The lowest BCUT2D eigenvalue weighted by Gasteiger charge is -2.32. The summed E-state index contributed by atoms with van der Waals surface area (Å²) in [6.45, 7) is -0.274. The highest BCUT2D eigenvalue weighted by Crippen LogP contribution is 2.40. The molecule has 1 saturated carbocycles. The van der Waals surface area contributed by atoms with Crippen LogP contribution in [0.4, 0.5) is 23.2 Å². The van der Waals surface area contributed by atoms with Crippen LogP contribution in [0.1, 0.15) is 25.7 Å². The third-order valence-electron chi connectivity index (χ3n) is 4.37. The molecule has 0 bridgehead atoms. The van der Waals surface area contributed by atoms with Crippen molar-refractivity contribution < 1.29 is 27.2 Å². The number of nitrogens with zero attached hydrogens (tertiary/aromatic N) is 1. The minimum Gasteiger partial charge on any atom is -0.336 e. The number of amides is 2. The molecule has 2 atom stereocenters. The number of alkyl halides is 3. The number of benzene rings is 1. The third-order valence-corrected chi connectivity index (χ3v) is 4.37. The van der Waals surface area contributed by atoms with Gasteiger partial charge in [0.15, 0.2) is 0 Å². The molecule has 0 saturated heterocycles. The maximum Gasteiger partial charge on any atom is 0.391 e. The fraction of sp³-hybridized carbons (Fsp3) is 0.529. The monoisotopic (exact) mass is 360 g/mol. The Morgan fingerprint density at radius 2 is 1.84 bits per heavy atom. The Kier molecular flexibility index (Phi) is 6.02. The molecule has 2 amide bonds. The van der Waals surface area contributed by atoms with E-state index in [-0.39, 0.29) is 19.4 Å². The largest absolute Gasteiger partial charge is 0.391 e. The summed E-state index contributed by atoms with van der Waals surface area (Å²) in [5.41, 5.74) is 0.377. The van der Waals surface area contributed by atoms with E-state index in [1.54, 1.807) is 0 Å². The van der Waals surface area contributed by atoms with Crippen molar-refractivity contribution in [3.05, 3.63) is 30.1 Å². The predicted molar refractivity (Wildman–Crippen MR) is 84.2 cm³/mol. The van der Waals surface area contributed by atoms with Crippen LogP contribution in [0.2, 0.25) is 0 Å². The summed E-state index contributed by atoms with van der Waals surface area (Å²) in [5.74, 6) is -3.57. The van der Waals surface area contributed by atoms with Gasteiger partial charge in [-0.15, -0.1) is 0 Å². The maximum atomic E-state index is 12.8. The molecule has 2 unspecified atom stereocenters. The molecule has 1 aliphatic rings. The van der Waals surface area contributed by atoms with E-state index in [1.807, 2.05) is 0 Å². The molecule has 1 N–H and O–H groups in total. The lowest BCUT2D eigenvalue weighted by molar-refractivity contribution is -0.187. The molecule has 0 aromatic heterocycles. The fourth-order valence-electron chi connectivity index (χ4n) is 3.05. The smallest absolute Gasteiger partial charge is 0.336 e. The van der Waals surface area contributed by atoms with Crippen LogP contribution in [0.15, 0.2) is 24.3 Å². The van der Waals surface area contributed by atoms with Crippen molar-refractivity contribution in [1.82, 2.24) is 4.90 Å². The molecule has 0 aliphatic heterocycles. The minimum atomic E-state index is -4.29. The molecule has 1 aromatic carbocycles. The molecule has 25 heavy (non-hydrogen) atoms. The van der Waals surface area contributed by atoms with Gasteiger partial charge in [0.25, 0.3) is 0 Å². The normalized spacial score (nSPS) is 20.8. The van der Waals surface area contributed by atoms with Crippen molar-refractivity contribution in [1.29, 1.82) is 0 Å². The molecule has 0 radical (unpaired) electrons. The quantitative estimate of drug-likeness (QED) is 0.835. The second-order valence-corrected chi connectivity index (χ2v) is 6.35. The summed E-state index contributed by atoms with van der Waals surface area (Å²) >= 11 is 0. The Morgan fingerprint density at radius 3 is 2.44 bits per heavy atom. The van der Waals surface area contributed by atoms with Crippen LogP contribution >= 0.6 is 0 Å². The van der Waals surface area contributed by atoms with E-state index in [4.69, 9.17) is 0 Å². The second kappa shape index (κ2) is 7.84. The second-order valence-electron chi connectivity index (χ2n) is 6.35. The first kappa shape index (κ1) is 19.2. The molecule has 1 aliphatic carbocycles. The molecular weight excluding hydrogens is 340 g/mol. The van der Waals surface area contributed by atoms with Gasteiger partial charge in [0.05, 0.1) is 12.5 Å². The number of hydrogen-bond acceptors (Lipinski definition) is 2. The Labute approximate surface area is 143 Å². The van der Waals surface area contributed by atoms with Crippen LogP contribution in [0.3, 0.4) is 0 Å². The Morgan fingerprint density at radius 1 is 1.20 bits per heavy atom. The van der Waals surface area contributed by atoms with Gasteiger partial charge >= 0.3 is 6.18 Å². The third kappa shape index (κ3) is 5.44. The first-order valence-electron chi connectivity index (χ1n) is 8.04. The van der Waals surface area contributed by atoms with Crippen molar-refractivity contribution in [3.8, 4) is 0 Å². The SMILES string of the molecule is CN(CC(=O)Nc1ccc(F)cc1)C(=O)C1CCCC(C(F)(F)F)C1. The highest BCUT2D eigenvalue weighted by atomic mass is 19.4. The van der Waals surface area contributed by atoms with E-state index >= 15 is 0 Å². The van der Waals surface area contributed by atoms with E-state index in [0.29, 0.717) is 18.5 Å². The van der Waals surface area contributed by atoms with Crippen molar-refractivity contribution in [3.63, 3.8) is 0 Å². The van der Waals surface area contributed by atoms with Crippen LogP contribution in [-0.4, -0.2) is 36.5 Å². The number of anilines is 1. The van der Waals surface area contributed by atoms with Gasteiger partial charge in [0, 0.05) is 18.7 Å². The van der Waals surface area contributed by atoms with E-state index in [1.165, 1.54) is 31.3 Å². The summed E-state index contributed by atoms with van der Waals surface area (Å²) in [7, 11) is 1.39. The number of halogens is 4. The molecule has 1 fully saturated rings. The van der Waals surface area contributed by atoms with E-state index in [0.717, 1.165) is 4.90 Å². The van der Waals surface area contributed by atoms with Gasteiger partial charge in [0.2, 0.25) is 11.8 Å².